The lowest BCUT2D eigenvalue weighted by molar-refractivity contribution is -0.137. The number of hydrogen-bond acceptors (Lipinski definition) is 4. The highest BCUT2D eigenvalue weighted by Crippen LogP contribution is 1.90. The minimum atomic E-state index is -1.14. The van der Waals surface area contributed by atoms with Gasteiger partial charge >= 0.3 is 12.0 Å². The molecular formula is C11H17N5O4. The maximum absolute atomic E-state index is 11.5. The summed E-state index contributed by atoms with van der Waals surface area (Å²) in [5, 5.41) is 19.5. The van der Waals surface area contributed by atoms with Gasteiger partial charge in [0.2, 0.25) is 5.91 Å². The molecular weight excluding hydrogens is 266 g/mol. The summed E-state index contributed by atoms with van der Waals surface area (Å²) in [5.41, 5.74) is 0. The van der Waals surface area contributed by atoms with E-state index in [-0.39, 0.29) is 12.6 Å². The van der Waals surface area contributed by atoms with Gasteiger partial charge in [0.05, 0.1) is 13.1 Å². The minimum absolute atomic E-state index is 0.169. The predicted octanol–water partition coefficient (Wildman–Crippen LogP) is -1.23. The number of hydrogen-bond donors (Lipinski definition) is 4. The molecule has 0 aromatic carbocycles. The summed E-state index contributed by atoms with van der Waals surface area (Å²) in [5.74, 6) is -1.71. The average Bonchev–Trinajstić information content (AvgIpc) is 2.86. The number of nitrogens with zero attached hydrogens (tertiary/aromatic N) is 2. The Morgan fingerprint density at radius 2 is 2.05 bits per heavy atom. The van der Waals surface area contributed by atoms with Gasteiger partial charge in [-0.2, -0.15) is 5.10 Å². The number of nitrogens with one attached hydrogen (secondary N) is 3. The second-order valence-corrected chi connectivity index (χ2v) is 4.13. The quantitative estimate of drug-likeness (QED) is 0.498. The Hall–Kier alpha value is -2.58. The number of aromatic nitrogens is 2. The van der Waals surface area contributed by atoms with Gasteiger partial charge < -0.3 is 21.1 Å². The summed E-state index contributed by atoms with van der Waals surface area (Å²) in [6, 6.07) is 1.10. The van der Waals surface area contributed by atoms with Crippen LogP contribution in [-0.4, -0.2) is 51.9 Å². The van der Waals surface area contributed by atoms with Crippen molar-refractivity contribution in [3.8, 4) is 0 Å². The van der Waals surface area contributed by atoms with Crippen LogP contribution >= 0.6 is 0 Å². The predicted molar refractivity (Wildman–Crippen MR) is 68.9 cm³/mol. The third kappa shape index (κ3) is 6.38. The highest BCUT2D eigenvalue weighted by atomic mass is 16.4. The first kappa shape index (κ1) is 15.5. The van der Waals surface area contributed by atoms with E-state index in [2.05, 4.69) is 21.0 Å². The van der Waals surface area contributed by atoms with Gasteiger partial charge in [-0.05, 0) is 13.0 Å². The molecule has 9 nitrogen and oxygen atoms in total. The van der Waals surface area contributed by atoms with Crippen molar-refractivity contribution in [2.75, 3.05) is 13.1 Å². The second kappa shape index (κ2) is 7.77. The summed E-state index contributed by atoms with van der Waals surface area (Å²) < 4.78 is 1.67. The Kier molecular flexibility index (Phi) is 6.01. The van der Waals surface area contributed by atoms with Crippen molar-refractivity contribution in [3.05, 3.63) is 18.5 Å². The first-order chi connectivity index (χ1) is 9.47. The van der Waals surface area contributed by atoms with Gasteiger partial charge in [0.15, 0.2) is 0 Å². The van der Waals surface area contributed by atoms with Crippen molar-refractivity contribution in [1.29, 1.82) is 0 Å². The zero-order valence-corrected chi connectivity index (χ0v) is 11.0. The fourth-order valence-electron chi connectivity index (χ4n) is 1.41. The van der Waals surface area contributed by atoms with E-state index < -0.39 is 24.5 Å². The molecule has 0 aliphatic heterocycles. The van der Waals surface area contributed by atoms with E-state index in [9.17, 15) is 14.4 Å². The molecule has 0 radical (unpaired) electrons. The summed E-state index contributed by atoms with van der Waals surface area (Å²) in [6.45, 7) is 1.54. The van der Waals surface area contributed by atoms with Crippen LogP contribution in [-0.2, 0) is 16.1 Å². The minimum Gasteiger partial charge on any atom is -0.480 e. The lowest BCUT2D eigenvalue weighted by atomic mass is 10.3. The van der Waals surface area contributed by atoms with Crippen molar-refractivity contribution >= 4 is 17.9 Å². The lowest BCUT2D eigenvalue weighted by Crippen LogP contribution is -2.46. The number of urea groups is 1. The Morgan fingerprint density at radius 1 is 1.30 bits per heavy atom. The molecule has 0 saturated carbocycles. The van der Waals surface area contributed by atoms with E-state index >= 15 is 0 Å². The number of carboxylic acids is 1. The van der Waals surface area contributed by atoms with Crippen LogP contribution < -0.4 is 16.0 Å². The largest absolute Gasteiger partial charge is 0.480 e. The average molecular weight is 283 g/mol. The summed E-state index contributed by atoms with van der Waals surface area (Å²) in [6.07, 6.45) is 3.41. The molecule has 0 fully saturated rings. The molecule has 20 heavy (non-hydrogen) atoms. The molecule has 4 N–H and O–H groups in total. The number of rotatable bonds is 7. The SMILES string of the molecule is CC(Cn1cccn1)NC(=O)NCC(=O)NCC(=O)O. The Morgan fingerprint density at radius 3 is 2.65 bits per heavy atom. The Balaban J connectivity index is 2.19. The molecule has 1 aromatic rings. The zero-order valence-electron chi connectivity index (χ0n) is 11.0. The smallest absolute Gasteiger partial charge is 0.322 e. The molecule has 1 aromatic heterocycles. The van der Waals surface area contributed by atoms with Crippen LogP contribution in [0.3, 0.4) is 0 Å². The molecule has 0 bridgehead atoms. The monoisotopic (exact) mass is 283 g/mol. The normalized spacial score (nSPS) is 11.4. The van der Waals surface area contributed by atoms with Crippen molar-refractivity contribution < 1.29 is 19.5 Å². The first-order valence-corrected chi connectivity index (χ1v) is 5.97. The van der Waals surface area contributed by atoms with Gasteiger partial charge in [0.1, 0.15) is 6.54 Å². The van der Waals surface area contributed by atoms with E-state index in [0.717, 1.165) is 0 Å². The van der Waals surface area contributed by atoms with E-state index in [1.807, 2.05) is 0 Å². The van der Waals surface area contributed by atoms with Crippen LogP contribution in [0.5, 0.6) is 0 Å². The van der Waals surface area contributed by atoms with Gasteiger partial charge in [-0.3, -0.25) is 14.3 Å². The Labute approximate surface area is 115 Å². The van der Waals surface area contributed by atoms with E-state index in [1.54, 1.807) is 30.1 Å². The molecule has 1 heterocycles. The van der Waals surface area contributed by atoms with Crippen molar-refractivity contribution in [3.63, 3.8) is 0 Å². The maximum Gasteiger partial charge on any atom is 0.322 e. The number of carbonyl (C=O) groups is 3. The number of amides is 3. The van der Waals surface area contributed by atoms with Crippen LogP contribution in [0, 0.1) is 0 Å². The molecule has 0 saturated heterocycles. The van der Waals surface area contributed by atoms with Crippen molar-refractivity contribution in [2.24, 2.45) is 0 Å². The molecule has 1 unspecified atom stereocenters. The van der Waals surface area contributed by atoms with Crippen molar-refractivity contribution in [1.82, 2.24) is 25.7 Å². The molecule has 0 spiro atoms. The molecule has 9 heteroatoms. The summed E-state index contributed by atoms with van der Waals surface area (Å²) in [4.78, 5) is 32.9. The standard InChI is InChI=1S/C11H17N5O4/c1-8(7-16-4-2-3-14-16)15-11(20)13-5-9(17)12-6-10(18)19/h2-4,8H,5-7H2,1H3,(H,12,17)(H,18,19)(H2,13,15,20). The molecule has 1 atom stereocenters. The van der Waals surface area contributed by atoms with E-state index in [4.69, 9.17) is 5.11 Å². The van der Waals surface area contributed by atoms with Crippen LogP contribution in [0.15, 0.2) is 18.5 Å². The fraction of sp³-hybridized carbons (Fsp3) is 0.455. The third-order valence-corrected chi connectivity index (χ3v) is 2.24. The van der Waals surface area contributed by atoms with Gasteiger partial charge in [0, 0.05) is 18.4 Å². The van der Waals surface area contributed by atoms with Gasteiger partial charge in [0.25, 0.3) is 0 Å². The lowest BCUT2D eigenvalue weighted by Gasteiger charge is -2.14. The first-order valence-electron chi connectivity index (χ1n) is 5.97. The molecule has 3 amide bonds. The van der Waals surface area contributed by atoms with E-state index in [0.29, 0.717) is 6.54 Å². The number of carboxylic acid groups (broad SMARTS) is 1. The Bertz CT molecular complexity index is 459. The maximum atomic E-state index is 11.5. The number of carbonyl (C=O) groups excluding carboxylic acids is 2. The topological polar surface area (TPSA) is 125 Å². The highest BCUT2D eigenvalue weighted by Gasteiger charge is 2.09. The third-order valence-electron chi connectivity index (χ3n) is 2.24. The van der Waals surface area contributed by atoms with Gasteiger partial charge in [-0.1, -0.05) is 0 Å². The number of aliphatic carboxylic acids is 1. The second-order valence-electron chi connectivity index (χ2n) is 4.13. The van der Waals surface area contributed by atoms with Crippen LogP contribution in [0.1, 0.15) is 6.92 Å². The van der Waals surface area contributed by atoms with Crippen molar-refractivity contribution in [2.45, 2.75) is 19.5 Å². The fourth-order valence-corrected chi connectivity index (χ4v) is 1.41. The molecule has 0 aliphatic carbocycles. The summed E-state index contributed by atoms with van der Waals surface area (Å²) in [7, 11) is 0. The molecule has 0 aliphatic rings. The van der Waals surface area contributed by atoms with Gasteiger partial charge in [-0.15, -0.1) is 0 Å². The summed E-state index contributed by atoms with van der Waals surface area (Å²) >= 11 is 0. The van der Waals surface area contributed by atoms with Crippen LogP contribution in [0.2, 0.25) is 0 Å². The highest BCUT2D eigenvalue weighted by molar-refractivity contribution is 5.86. The van der Waals surface area contributed by atoms with Crippen LogP contribution in [0.25, 0.3) is 0 Å². The molecule has 110 valence electrons. The van der Waals surface area contributed by atoms with Crippen LogP contribution in [0.4, 0.5) is 4.79 Å². The van der Waals surface area contributed by atoms with Gasteiger partial charge in [-0.25, -0.2) is 4.79 Å². The molecule has 1 rings (SSSR count). The zero-order chi connectivity index (χ0) is 15.0. The van der Waals surface area contributed by atoms with E-state index in [1.165, 1.54) is 0 Å².